The first kappa shape index (κ1) is 26.6. The number of hydrogen-bond acceptors (Lipinski definition) is 3. The van der Waals surface area contributed by atoms with Gasteiger partial charge in [0.15, 0.2) is 0 Å². The van der Waals surface area contributed by atoms with E-state index in [9.17, 15) is 10.2 Å². The van der Waals surface area contributed by atoms with Crippen molar-refractivity contribution in [3.05, 3.63) is 143 Å². The van der Waals surface area contributed by atoms with Gasteiger partial charge in [0.25, 0.3) is 0 Å². The van der Waals surface area contributed by atoms with Gasteiger partial charge in [0.1, 0.15) is 11.5 Å². The van der Waals surface area contributed by atoms with E-state index in [-0.39, 0.29) is 12.4 Å². The molecule has 5 aromatic rings. The highest BCUT2D eigenvalue weighted by Crippen LogP contribution is 2.33. The number of aromatic hydroxyl groups is 2. The van der Waals surface area contributed by atoms with Crippen molar-refractivity contribution in [3.8, 4) is 33.8 Å². The first-order chi connectivity index (χ1) is 18.6. The second-order valence-corrected chi connectivity index (χ2v) is 10.1. The minimum Gasteiger partial charge on any atom is -0.507 e. The lowest BCUT2D eigenvalue weighted by molar-refractivity contribution is 0.476. The molecule has 0 saturated heterocycles. The molecule has 6 rings (SSSR count). The molecule has 1 aliphatic heterocycles. The Hall–Kier alpha value is -4.05. The fraction of sp³-hybridized carbons (Fsp3) is 0.143. The van der Waals surface area contributed by atoms with Crippen LogP contribution >= 0.6 is 12.4 Å². The van der Waals surface area contributed by atoms with Crippen molar-refractivity contribution in [2.45, 2.75) is 25.8 Å². The van der Waals surface area contributed by atoms with Crippen molar-refractivity contribution in [2.24, 2.45) is 0 Å². The standard InChI is InChI=1S/C35H31NO2.ClH/c37-34-19-24(11-13-32(34)26-7-3-1-4-8-26)17-29-21-28-15-16-36-23-31(28)22-30(29)18-25-12-14-33(35(38)20-25)27-9-5-2-6-10-27;/h1-14,19-22,36-38H,15-18,23H2;1H. The number of phenols is 2. The summed E-state index contributed by atoms with van der Waals surface area (Å²) in [7, 11) is 0. The van der Waals surface area contributed by atoms with Crippen molar-refractivity contribution in [1.29, 1.82) is 0 Å². The molecule has 1 aliphatic rings. The van der Waals surface area contributed by atoms with Crippen LogP contribution in [0.3, 0.4) is 0 Å². The summed E-state index contributed by atoms with van der Waals surface area (Å²) in [5.74, 6) is 0.607. The SMILES string of the molecule is Cl.Oc1cc(Cc2cc3c(cc2Cc2ccc(-c4ccccc4)c(O)c2)CNCC3)ccc1-c1ccccc1. The number of halogens is 1. The Bertz CT molecular complexity index is 1460. The van der Waals surface area contributed by atoms with Crippen LogP contribution < -0.4 is 5.32 Å². The predicted molar refractivity (Wildman–Crippen MR) is 162 cm³/mol. The van der Waals surface area contributed by atoms with Gasteiger partial charge in [0.05, 0.1) is 0 Å². The van der Waals surface area contributed by atoms with Gasteiger partial charge < -0.3 is 15.5 Å². The summed E-state index contributed by atoms with van der Waals surface area (Å²) < 4.78 is 0. The molecule has 4 heteroatoms. The molecule has 0 radical (unpaired) electrons. The van der Waals surface area contributed by atoms with Crippen LogP contribution in [0.15, 0.2) is 109 Å². The molecule has 0 bridgehead atoms. The van der Waals surface area contributed by atoms with Gasteiger partial charge in [-0.1, -0.05) is 97.1 Å². The lowest BCUT2D eigenvalue weighted by Gasteiger charge is -2.21. The van der Waals surface area contributed by atoms with Gasteiger partial charge in [-0.15, -0.1) is 12.4 Å². The van der Waals surface area contributed by atoms with Crippen LogP contribution in [0.2, 0.25) is 0 Å². The van der Waals surface area contributed by atoms with Crippen molar-refractivity contribution in [3.63, 3.8) is 0 Å². The van der Waals surface area contributed by atoms with E-state index in [2.05, 4.69) is 29.6 Å². The van der Waals surface area contributed by atoms with Crippen LogP contribution in [-0.2, 0) is 25.8 Å². The van der Waals surface area contributed by atoms with E-state index in [0.717, 1.165) is 65.7 Å². The maximum Gasteiger partial charge on any atom is 0.123 e. The molecular formula is C35H32ClNO2. The van der Waals surface area contributed by atoms with Gasteiger partial charge in [-0.05, 0) is 82.4 Å². The molecule has 0 fully saturated rings. The van der Waals surface area contributed by atoms with E-state index in [4.69, 9.17) is 0 Å². The molecule has 39 heavy (non-hydrogen) atoms. The number of hydrogen-bond donors (Lipinski definition) is 3. The van der Waals surface area contributed by atoms with Crippen molar-refractivity contribution in [2.75, 3.05) is 6.54 Å². The van der Waals surface area contributed by atoms with Crippen LogP contribution in [0.1, 0.15) is 33.4 Å². The van der Waals surface area contributed by atoms with E-state index >= 15 is 0 Å². The fourth-order valence-corrected chi connectivity index (χ4v) is 5.50. The number of nitrogens with one attached hydrogen (secondary N) is 1. The van der Waals surface area contributed by atoms with Gasteiger partial charge in [0, 0.05) is 17.7 Å². The number of benzene rings is 5. The molecule has 0 aliphatic carbocycles. The summed E-state index contributed by atoms with van der Waals surface area (Å²) in [5, 5.41) is 25.2. The van der Waals surface area contributed by atoms with Crippen LogP contribution in [0.5, 0.6) is 11.5 Å². The molecule has 0 aromatic heterocycles. The molecule has 0 spiro atoms. The zero-order valence-corrected chi connectivity index (χ0v) is 22.5. The van der Waals surface area contributed by atoms with Gasteiger partial charge in [0.2, 0.25) is 0 Å². The van der Waals surface area contributed by atoms with Crippen molar-refractivity contribution < 1.29 is 10.2 Å². The lowest BCUT2D eigenvalue weighted by Crippen LogP contribution is -2.24. The highest BCUT2D eigenvalue weighted by molar-refractivity contribution is 5.85. The monoisotopic (exact) mass is 533 g/mol. The Morgan fingerprint density at radius 2 is 1.05 bits per heavy atom. The maximum absolute atomic E-state index is 10.8. The average Bonchev–Trinajstić information content (AvgIpc) is 2.94. The van der Waals surface area contributed by atoms with Crippen molar-refractivity contribution >= 4 is 12.4 Å². The zero-order chi connectivity index (χ0) is 25.9. The van der Waals surface area contributed by atoms with Gasteiger partial charge in [-0.3, -0.25) is 0 Å². The Labute approximate surface area is 236 Å². The maximum atomic E-state index is 10.8. The summed E-state index contributed by atoms with van der Waals surface area (Å²) >= 11 is 0. The molecule has 3 N–H and O–H groups in total. The first-order valence-electron chi connectivity index (χ1n) is 13.2. The highest BCUT2D eigenvalue weighted by Gasteiger charge is 2.16. The summed E-state index contributed by atoms with van der Waals surface area (Å²) in [5.41, 5.74) is 11.1. The second-order valence-electron chi connectivity index (χ2n) is 10.1. The second kappa shape index (κ2) is 11.8. The molecule has 5 aromatic carbocycles. The van der Waals surface area contributed by atoms with E-state index in [1.54, 1.807) is 0 Å². The summed E-state index contributed by atoms with van der Waals surface area (Å²) in [4.78, 5) is 0. The number of fused-ring (bicyclic) bond motifs is 1. The fourth-order valence-electron chi connectivity index (χ4n) is 5.50. The first-order valence-corrected chi connectivity index (χ1v) is 13.2. The summed E-state index contributed by atoms with van der Waals surface area (Å²) in [6.45, 7) is 1.88. The number of phenolic OH excluding ortho intramolecular Hbond substituents is 2. The lowest BCUT2D eigenvalue weighted by atomic mass is 9.88. The molecule has 3 nitrogen and oxygen atoms in total. The van der Waals surface area contributed by atoms with Crippen LogP contribution in [0.4, 0.5) is 0 Å². The topological polar surface area (TPSA) is 52.5 Å². The van der Waals surface area contributed by atoms with Gasteiger partial charge >= 0.3 is 0 Å². The predicted octanol–water partition coefficient (Wildman–Crippen LogP) is 7.68. The normalized spacial score (nSPS) is 12.4. The summed E-state index contributed by atoms with van der Waals surface area (Å²) in [6, 6.07) is 36.7. The third-order valence-corrected chi connectivity index (χ3v) is 7.49. The Morgan fingerprint density at radius 3 is 1.54 bits per heavy atom. The Balaban J connectivity index is 0.00000308. The molecule has 0 amide bonds. The van der Waals surface area contributed by atoms with Crippen LogP contribution in [0, 0.1) is 0 Å². The van der Waals surface area contributed by atoms with E-state index in [1.807, 2.05) is 84.9 Å². The van der Waals surface area contributed by atoms with Gasteiger partial charge in [-0.25, -0.2) is 0 Å². The number of rotatable bonds is 6. The third-order valence-electron chi connectivity index (χ3n) is 7.49. The minimum absolute atomic E-state index is 0. The molecular weight excluding hydrogens is 502 g/mol. The molecule has 0 saturated carbocycles. The smallest absolute Gasteiger partial charge is 0.123 e. The Morgan fingerprint density at radius 1 is 0.564 bits per heavy atom. The quantitative estimate of drug-likeness (QED) is 0.210. The van der Waals surface area contributed by atoms with E-state index in [0.29, 0.717) is 11.5 Å². The van der Waals surface area contributed by atoms with Crippen LogP contribution in [-0.4, -0.2) is 16.8 Å². The van der Waals surface area contributed by atoms with Crippen molar-refractivity contribution in [1.82, 2.24) is 5.32 Å². The Kier molecular flexibility index (Phi) is 8.02. The highest BCUT2D eigenvalue weighted by atomic mass is 35.5. The molecule has 0 atom stereocenters. The minimum atomic E-state index is 0. The zero-order valence-electron chi connectivity index (χ0n) is 21.7. The molecule has 0 unspecified atom stereocenters. The van der Waals surface area contributed by atoms with E-state index in [1.165, 1.54) is 22.3 Å². The van der Waals surface area contributed by atoms with Gasteiger partial charge in [-0.2, -0.15) is 0 Å². The summed E-state index contributed by atoms with van der Waals surface area (Å²) in [6.07, 6.45) is 2.50. The largest absolute Gasteiger partial charge is 0.507 e. The van der Waals surface area contributed by atoms with Crippen LogP contribution in [0.25, 0.3) is 22.3 Å². The third kappa shape index (κ3) is 5.85. The average molecular weight is 534 g/mol. The molecule has 196 valence electrons. The van der Waals surface area contributed by atoms with E-state index < -0.39 is 0 Å². The molecule has 1 heterocycles.